The molecule has 0 saturated carbocycles. The first-order valence-corrected chi connectivity index (χ1v) is 6.73. The molecular formula is C16H18N2O2. The Morgan fingerprint density at radius 1 is 1.00 bits per heavy atom. The second-order valence-electron chi connectivity index (χ2n) is 4.36. The fraction of sp³-hybridized carbons (Fsp3) is 0.250. The van der Waals surface area contributed by atoms with Gasteiger partial charge in [0, 0.05) is 0 Å². The van der Waals surface area contributed by atoms with Crippen LogP contribution in [0, 0.1) is 0 Å². The van der Waals surface area contributed by atoms with Crippen molar-refractivity contribution in [1.29, 1.82) is 0 Å². The van der Waals surface area contributed by atoms with E-state index in [2.05, 4.69) is 17.2 Å². The quantitative estimate of drug-likeness (QED) is 0.594. The fourth-order valence-corrected chi connectivity index (χ4v) is 1.66. The van der Waals surface area contributed by atoms with Crippen molar-refractivity contribution < 1.29 is 9.84 Å². The lowest BCUT2D eigenvalue weighted by atomic mass is 10.2. The number of phenolic OH excluding ortho intramolecular Hbond substituents is 1. The number of aromatic hydroxyl groups is 1. The Morgan fingerprint density at radius 2 is 1.80 bits per heavy atom. The van der Waals surface area contributed by atoms with Gasteiger partial charge in [-0.25, -0.2) is 0 Å². The van der Waals surface area contributed by atoms with Crippen LogP contribution in [0.4, 0.5) is 11.4 Å². The van der Waals surface area contributed by atoms with Crippen molar-refractivity contribution in [2.75, 3.05) is 6.61 Å². The molecule has 20 heavy (non-hydrogen) atoms. The lowest BCUT2D eigenvalue weighted by molar-refractivity contribution is 0.309. The van der Waals surface area contributed by atoms with Crippen molar-refractivity contribution in [3.8, 4) is 11.5 Å². The lowest BCUT2D eigenvalue weighted by Gasteiger charge is -2.08. The first-order chi connectivity index (χ1) is 9.81. The van der Waals surface area contributed by atoms with Gasteiger partial charge in [0.2, 0.25) is 0 Å². The van der Waals surface area contributed by atoms with Crippen LogP contribution in [0.1, 0.15) is 19.8 Å². The largest absolute Gasteiger partial charge is 0.505 e. The molecule has 0 aliphatic carbocycles. The highest BCUT2D eigenvalue weighted by molar-refractivity contribution is 5.61. The normalized spacial score (nSPS) is 10.8. The fourth-order valence-electron chi connectivity index (χ4n) is 1.66. The van der Waals surface area contributed by atoms with Gasteiger partial charge in [-0.15, -0.1) is 5.11 Å². The third kappa shape index (κ3) is 3.82. The monoisotopic (exact) mass is 270 g/mol. The van der Waals surface area contributed by atoms with Crippen molar-refractivity contribution in [1.82, 2.24) is 0 Å². The molecule has 104 valence electrons. The van der Waals surface area contributed by atoms with E-state index in [9.17, 15) is 5.11 Å². The van der Waals surface area contributed by atoms with E-state index in [4.69, 9.17) is 4.74 Å². The lowest BCUT2D eigenvalue weighted by Crippen LogP contribution is -1.96. The van der Waals surface area contributed by atoms with Gasteiger partial charge in [0.05, 0.1) is 12.3 Å². The second-order valence-corrected chi connectivity index (χ2v) is 4.36. The molecule has 0 saturated heterocycles. The highest BCUT2D eigenvalue weighted by atomic mass is 16.5. The third-order valence-corrected chi connectivity index (χ3v) is 2.75. The number of benzene rings is 2. The molecule has 2 aromatic rings. The van der Waals surface area contributed by atoms with E-state index in [1.807, 2.05) is 30.3 Å². The molecule has 0 aromatic heterocycles. The van der Waals surface area contributed by atoms with Crippen LogP contribution in [-0.4, -0.2) is 11.7 Å². The first kappa shape index (κ1) is 14.1. The molecule has 4 nitrogen and oxygen atoms in total. The molecule has 0 spiro atoms. The Balaban J connectivity index is 2.19. The van der Waals surface area contributed by atoms with Gasteiger partial charge in [-0.05, 0) is 30.7 Å². The van der Waals surface area contributed by atoms with Gasteiger partial charge in [0.1, 0.15) is 5.75 Å². The molecule has 4 heteroatoms. The minimum Gasteiger partial charge on any atom is -0.505 e. The number of phenols is 1. The van der Waals surface area contributed by atoms with Crippen LogP contribution in [0.25, 0.3) is 0 Å². The van der Waals surface area contributed by atoms with Crippen LogP contribution < -0.4 is 4.74 Å². The maximum absolute atomic E-state index is 9.89. The van der Waals surface area contributed by atoms with Crippen LogP contribution in [0.15, 0.2) is 58.8 Å². The highest BCUT2D eigenvalue weighted by Gasteiger charge is 2.08. The summed E-state index contributed by atoms with van der Waals surface area (Å²) in [7, 11) is 0. The van der Waals surface area contributed by atoms with Gasteiger partial charge >= 0.3 is 0 Å². The van der Waals surface area contributed by atoms with Crippen molar-refractivity contribution >= 4 is 11.4 Å². The minimum absolute atomic E-state index is 0.0682. The maximum atomic E-state index is 9.89. The third-order valence-electron chi connectivity index (χ3n) is 2.75. The van der Waals surface area contributed by atoms with Crippen molar-refractivity contribution in [3.63, 3.8) is 0 Å². The van der Waals surface area contributed by atoms with Crippen LogP contribution in [0.5, 0.6) is 11.5 Å². The number of nitrogens with zero attached hydrogens (tertiary/aromatic N) is 2. The first-order valence-electron chi connectivity index (χ1n) is 6.73. The molecule has 0 unspecified atom stereocenters. The predicted molar refractivity (Wildman–Crippen MR) is 79.1 cm³/mol. The number of unbranched alkanes of at least 4 members (excludes halogenated alkanes) is 1. The van der Waals surface area contributed by atoms with Crippen LogP contribution in [0.2, 0.25) is 0 Å². The number of hydrogen-bond donors (Lipinski definition) is 1. The van der Waals surface area contributed by atoms with E-state index in [1.54, 1.807) is 18.2 Å². The summed E-state index contributed by atoms with van der Waals surface area (Å²) in [4.78, 5) is 0. The number of hydrogen-bond acceptors (Lipinski definition) is 4. The van der Waals surface area contributed by atoms with Crippen molar-refractivity contribution in [2.24, 2.45) is 10.2 Å². The maximum Gasteiger partial charge on any atom is 0.169 e. The van der Waals surface area contributed by atoms with E-state index in [-0.39, 0.29) is 5.75 Å². The summed E-state index contributed by atoms with van der Waals surface area (Å²) in [5.41, 5.74) is 1.10. The van der Waals surface area contributed by atoms with E-state index >= 15 is 0 Å². The summed E-state index contributed by atoms with van der Waals surface area (Å²) >= 11 is 0. The molecule has 0 atom stereocenters. The molecule has 0 bridgehead atoms. The summed E-state index contributed by atoms with van der Waals surface area (Å²) in [6.45, 7) is 2.70. The molecule has 2 aromatic carbocycles. The van der Waals surface area contributed by atoms with E-state index in [0.29, 0.717) is 18.0 Å². The van der Waals surface area contributed by atoms with E-state index < -0.39 is 0 Å². The zero-order valence-corrected chi connectivity index (χ0v) is 11.5. The summed E-state index contributed by atoms with van der Waals surface area (Å²) < 4.78 is 5.63. The average molecular weight is 270 g/mol. The smallest absolute Gasteiger partial charge is 0.169 e. The Morgan fingerprint density at radius 3 is 2.55 bits per heavy atom. The Labute approximate surface area is 118 Å². The standard InChI is InChI=1S/C16H18N2O2/c1-2-3-12-20-15-11-7-10-14(19)16(15)18-17-13-8-5-4-6-9-13/h4-11,19H,2-3,12H2,1H3/b18-17+. The van der Waals surface area contributed by atoms with E-state index in [0.717, 1.165) is 18.5 Å². The predicted octanol–water partition coefficient (Wildman–Crippen LogP) is 4.99. The molecular weight excluding hydrogens is 252 g/mol. The topological polar surface area (TPSA) is 54.2 Å². The number of ether oxygens (including phenoxy) is 1. The van der Waals surface area contributed by atoms with Crippen LogP contribution >= 0.6 is 0 Å². The van der Waals surface area contributed by atoms with Gasteiger partial charge in [-0.2, -0.15) is 5.11 Å². The highest BCUT2D eigenvalue weighted by Crippen LogP contribution is 2.37. The summed E-state index contributed by atoms with van der Waals surface area (Å²) in [6, 6.07) is 14.5. The SMILES string of the molecule is CCCCOc1cccc(O)c1/N=N/c1ccccc1. The summed E-state index contributed by atoms with van der Waals surface area (Å²) in [6.07, 6.45) is 2.02. The van der Waals surface area contributed by atoms with Gasteiger partial charge < -0.3 is 9.84 Å². The van der Waals surface area contributed by atoms with Crippen LogP contribution in [-0.2, 0) is 0 Å². The zero-order chi connectivity index (χ0) is 14.2. The molecule has 0 aliphatic heterocycles. The molecule has 0 heterocycles. The molecule has 0 radical (unpaired) electrons. The zero-order valence-electron chi connectivity index (χ0n) is 11.5. The molecule has 1 N–H and O–H groups in total. The average Bonchev–Trinajstić information content (AvgIpc) is 2.48. The van der Waals surface area contributed by atoms with Crippen molar-refractivity contribution in [3.05, 3.63) is 48.5 Å². The Bertz CT molecular complexity index is 568. The second kappa shape index (κ2) is 7.28. The molecule has 2 rings (SSSR count). The number of azo groups is 1. The van der Waals surface area contributed by atoms with Gasteiger partial charge in [-0.3, -0.25) is 0 Å². The van der Waals surface area contributed by atoms with Crippen molar-refractivity contribution in [2.45, 2.75) is 19.8 Å². The van der Waals surface area contributed by atoms with Crippen LogP contribution in [0.3, 0.4) is 0 Å². The minimum atomic E-state index is 0.0682. The molecule has 0 aliphatic rings. The summed E-state index contributed by atoms with van der Waals surface area (Å²) in [5.74, 6) is 0.622. The van der Waals surface area contributed by atoms with Gasteiger partial charge in [0.15, 0.2) is 11.4 Å². The molecule has 0 amide bonds. The summed E-state index contributed by atoms with van der Waals surface area (Å²) in [5, 5.41) is 18.1. The van der Waals surface area contributed by atoms with Gasteiger partial charge in [-0.1, -0.05) is 37.6 Å². The molecule has 0 fully saturated rings. The van der Waals surface area contributed by atoms with E-state index in [1.165, 1.54) is 0 Å². The Kier molecular flexibility index (Phi) is 5.12. The van der Waals surface area contributed by atoms with Gasteiger partial charge in [0.25, 0.3) is 0 Å². The Hall–Kier alpha value is -2.36. The number of rotatable bonds is 6.